The van der Waals surface area contributed by atoms with E-state index >= 15 is 0 Å². The number of hydrogen-bond donors (Lipinski definition) is 1. The molecule has 70 valence electrons. The monoisotopic (exact) mass is 167 g/mol. The molecule has 0 amide bonds. The summed E-state index contributed by atoms with van der Waals surface area (Å²) in [5.74, 6) is 7.57. The summed E-state index contributed by atoms with van der Waals surface area (Å²) < 4.78 is 0. The molecule has 0 rings (SSSR count). The molecule has 0 spiro atoms. The molecule has 12 heavy (non-hydrogen) atoms. The highest BCUT2D eigenvalue weighted by Gasteiger charge is 2.09. The predicted molar refractivity (Wildman–Crippen MR) is 54.9 cm³/mol. The third-order valence-electron chi connectivity index (χ3n) is 2.40. The minimum atomic E-state index is 0.758. The van der Waals surface area contributed by atoms with Gasteiger partial charge in [0.05, 0.1) is 0 Å². The second kappa shape index (κ2) is 7.18. The molecule has 0 saturated heterocycles. The third-order valence-corrected chi connectivity index (χ3v) is 2.40. The van der Waals surface area contributed by atoms with E-state index in [0.717, 1.165) is 24.8 Å². The van der Waals surface area contributed by atoms with Crippen molar-refractivity contribution in [2.24, 2.45) is 11.8 Å². The Balaban J connectivity index is 3.53. The Labute approximate surface area is 76.9 Å². The van der Waals surface area contributed by atoms with Crippen molar-refractivity contribution in [1.29, 1.82) is 0 Å². The highest BCUT2D eigenvalue weighted by atomic mass is 14.8. The second-order valence-corrected chi connectivity index (χ2v) is 3.48. The summed E-state index contributed by atoms with van der Waals surface area (Å²) in [4.78, 5) is 0. The Kier molecular flexibility index (Phi) is 6.90. The van der Waals surface area contributed by atoms with Crippen molar-refractivity contribution in [2.45, 2.75) is 33.6 Å². The molecule has 1 heteroatoms. The van der Waals surface area contributed by atoms with Gasteiger partial charge < -0.3 is 5.32 Å². The molecule has 1 nitrogen and oxygen atoms in total. The van der Waals surface area contributed by atoms with Gasteiger partial charge in [0.25, 0.3) is 0 Å². The predicted octanol–water partition coefficient (Wildman–Crippen LogP) is 2.28. The van der Waals surface area contributed by atoms with Crippen LogP contribution in [0.25, 0.3) is 0 Å². The van der Waals surface area contributed by atoms with Crippen LogP contribution >= 0.6 is 0 Å². The van der Waals surface area contributed by atoms with Gasteiger partial charge >= 0.3 is 0 Å². The summed E-state index contributed by atoms with van der Waals surface area (Å²) in [6, 6.07) is 0. The van der Waals surface area contributed by atoms with Crippen molar-refractivity contribution >= 4 is 0 Å². The molecule has 1 N–H and O–H groups in total. The quantitative estimate of drug-likeness (QED) is 0.619. The van der Waals surface area contributed by atoms with Gasteiger partial charge in [-0.15, -0.1) is 11.8 Å². The maximum Gasteiger partial charge on any atom is 0.00912 e. The number of rotatable bonds is 5. The fourth-order valence-electron chi connectivity index (χ4n) is 1.23. The van der Waals surface area contributed by atoms with Crippen LogP contribution in [0.2, 0.25) is 0 Å². The van der Waals surface area contributed by atoms with Crippen LogP contribution < -0.4 is 5.32 Å². The van der Waals surface area contributed by atoms with E-state index in [4.69, 9.17) is 0 Å². The normalized spacial score (nSPS) is 14.7. The first-order chi connectivity index (χ1) is 5.72. The Morgan fingerprint density at radius 2 is 1.92 bits per heavy atom. The van der Waals surface area contributed by atoms with Crippen LogP contribution in [-0.4, -0.2) is 13.6 Å². The first kappa shape index (κ1) is 11.5. The fourth-order valence-corrected chi connectivity index (χ4v) is 1.23. The molecule has 2 unspecified atom stereocenters. The van der Waals surface area contributed by atoms with Gasteiger partial charge in [-0.2, -0.15) is 0 Å². The van der Waals surface area contributed by atoms with Crippen molar-refractivity contribution in [3.63, 3.8) is 0 Å². The molecule has 0 aliphatic heterocycles. The van der Waals surface area contributed by atoms with Gasteiger partial charge in [-0.25, -0.2) is 0 Å². The van der Waals surface area contributed by atoms with E-state index in [-0.39, 0.29) is 0 Å². The van der Waals surface area contributed by atoms with Crippen LogP contribution in [-0.2, 0) is 0 Å². The zero-order chi connectivity index (χ0) is 9.40. The van der Waals surface area contributed by atoms with E-state index in [1.165, 1.54) is 6.42 Å². The zero-order valence-electron chi connectivity index (χ0n) is 8.78. The van der Waals surface area contributed by atoms with E-state index < -0.39 is 0 Å². The summed E-state index contributed by atoms with van der Waals surface area (Å²) in [6.07, 6.45) is 2.27. The molecular formula is C11H21N. The first-order valence-corrected chi connectivity index (χ1v) is 4.76. The molecule has 0 aromatic carbocycles. The van der Waals surface area contributed by atoms with Crippen molar-refractivity contribution in [1.82, 2.24) is 5.32 Å². The summed E-state index contributed by atoms with van der Waals surface area (Å²) in [7, 11) is 2.01. The maximum absolute atomic E-state index is 3.20. The van der Waals surface area contributed by atoms with E-state index in [1.807, 2.05) is 14.0 Å². The van der Waals surface area contributed by atoms with Crippen LogP contribution in [0, 0.1) is 23.7 Å². The van der Waals surface area contributed by atoms with Gasteiger partial charge in [-0.1, -0.05) is 13.8 Å². The molecule has 0 radical (unpaired) electrons. The Morgan fingerprint density at radius 1 is 1.25 bits per heavy atom. The summed E-state index contributed by atoms with van der Waals surface area (Å²) >= 11 is 0. The Morgan fingerprint density at radius 3 is 2.42 bits per heavy atom. The van der Waals surface area contributed by atoms with Crippen LogP contribution in [0.1, 0.15) is 33.6 Å². The number of hydrogen-bond acceptors (Lipinski definition) is 1. The lowest BCUT2D eigenvalue weighted by molar-refractivity contribution is 0.359. The lowest BCUT2D eigenvalue weighted by atomic mass is 9.92. The summed E-state index contributed by atoms with van der Waals surface area (Å²) in [6.45, 7) is 7.61. The minimum absolute atomic E-state index is 0.758. The van der Waals surface area contributed by atoms with Crippen LogP contribution in [0.4, 0.5) is 0 Å². The molecule has 0 aromatic rings. The Hall–Kier alpha value is -0.480. The molecule has 2 atom stereocenters. The highest BCUT2D eigenvalue weighted by molar-refractivity contribution is 4.94. The Bertz CT molecular complexity index is 152. The number of nitrogens with one attached hydrogen (secondary N) is 1. The SMILES string of the molecule is CC#CCCC(C)C(C)CNC. The molecule has 0 fully saturated rings. The smallest absolute Gasteiger partial charge is 0.00912 e. The molecule has 0 aliphatic rings. The van der Waals surface area contributed by atoms with Gasteiger partial charge in [-0.3, -0.25) is 0 Å². The average molecular weight is 167 g/mol. The average Bonchev–Trinajstić information content (AvgIpc) is 2.05. The van der Waals surface area contributed by atoms with Crippen LogP contribution in [0.15, 0.2) is 0 Å². The van der Waals surface area contributed by atoms with Gasteiger partial charge in [-0.05, 0) is 38.8 Å². The first-order valence-electron chi connectivity index (χ1n) is 4.76. The van der Waals surface area contributed by atoms with Gasteiger partial charge in [0, 0.05) is 6.42 Å². The van der Waals surface area contributed by atoms with Gasteiger partial charge in [0.15, 0.2) is 0 Å². The molecule has 0 bridgehead atoms. The zero-order valence-corrected chi connectivity index (χ0v) is 8.78. The molecule has 0 aromatic heterocycles. The van der Waals surface area contributed by atoms with Gasteiger partial charge in [0.1, 0.15) is 0 Å². The fraction of sp³-hybridized carbons (Fsp3) is 0.818. The highest BCUT2D eigenvalue weighted by Crippen LogP contribution is 2.15. The van der Waals surface area contributed by atoms with Gasteiger partial charge in [0.2, 0.25) is 0 Å². The summed E-state index contributed by atoms with van der Waals surface area (Å²) in [5.41, 5.74) is 0. The molecule has 0 heterocycles. The standard InChI is InChI=1S/C11H21N/c1-5-6-7-8-10(2)11(3)9-12-4/h10-12H,7-9H2,1-4H3. The van der Waals surface area contributed by atoms with Crippen molar-refractivity contribution in [3.05, 3.63) is 0 Å². The van der Waals surface area contributed by atoms with Crippen molar-refractivity contribution < 1.29 is 0 Å². The lowest BCUT2D eigenvalue weighted by Gasteiger charge is -2.18. The second-order valence-electron chi connectivity index (χ2n) is 3.48. The molecular weight excluding hydrogens is 146 g/mol. The van der Waals surface area contributed by atoms with Crippen molar-refractivity contribution in [3.8, 4) is 11.8 Å². The molecule has 0 saturated carbocycles. The van der Waals surface area contributed by atoms with E-state index in [9.17, 15) is 0 Å². The minimum Gasteiger partial charge on any atom is -0.319 e. The third kappa shape index (κ3) is 5.21. The van der Waals surface area contributed by atoms with E-state index in [1.54, 1.807) is 0 Å². The summed E-state index contributed by atoms with van der Waals surface area (Å²) in [5, 5.41) is 3.20. The topological polar surface area (TPSA) is 12.0 Å². The van der Waals surface area contributed by atoms with Crippen molar-refractivity contribution in [2.75, 3.05) is 13.6 Å². The van der Waals surface area contributed by atoms with Crippen LogP contribution in [0.5, 0.6) is 0 Å². The lowest BCUT2D eigenvalue weighted by Crippen LogP contribution is -2.21. The van der Waals surface area contributed by atoms with Crippen LogP contribution in [0.3, 0.4) is 0 Å². The molecule has 0 aliphatic carbocycles. The van der Waals surface area contributed by atoms with E-state index in [2.05, 4.69) is 31.0 Å². The largest absolute Gasteiger partial charge is 0.319 e. The maximum atomic E-state index is 3.20. The van der Waals surface area contributed by atoms with E-state index in [0.29, 0.717) is 0 Å².